The van der Waals surface area contributed by atoms with Crippen LogP contribution in [0, 0.1) is 0 Å². The van der Waals surface area contributed by atoms with Gasteiger partial charge in [0.05, 0.1) is 18.0 Å². The first kappa shape index (κ1) is 20.7. The SMILES string of the molecule is CCOC(=O)N1CCN(C(=O)CSC2=NS(=O)(=O)c3cc(Cl)ccc3N2)CC1. The molecule has 0 aliphatic carbocycles. The highest BCUT2D eigenvalue weighted by atomic mass is 35.5. The van der Waals surface area contributed by atoms with Crippen LogP contribution >= 0.6 is 23.4 Å². The lowest BCUT2D eigenvalue weighted by Gasteiger charge is -2.34. The van der Waals surface area contributed by atoms with Crippen LogP contribution in [0.25, 0.3) is 0 Å². The fourth-order valence-corrected chi connectivity index (χ4v) is 5.15. The lowest BCUT2D eigenvalue weighted by molar-refractivity contribution is -0.129. The van der Waals surface area contributed by atoms with Crippen LogP contribution in [0.5, 0.6) is 0 Å². The van der Waals surface area contributed by atoms with Crippen molar-refractivity contribution in [1.29, 1.82) is 0 Å². The van der Waals surface area contributed by atoms with Crippen molar-refractivity contribution in [3.8, 4) is 0 Å². The number of sulfonamides is 1. The Morgan fingerprint density at radius 2 is 1.93 bits per heavy atom. The summed E-state index contributed by atoms with van der Waals surface area (Å²) >= 11 is 6.86. The molecule has 0 radical (unpaired) electrons. The maximum absolute atomic E-state index is 12.4. The van der Waals surface area contributed by atoms with Crippen LogP contribution in [0.4, 0.5) is 10.5 Å². The number of halogens is 1. The Labute approximate surface area is 172 Å². The number of carbonyl (C=O) groups excluding carboxylic acids is 2. The summed E-state index contributed by atoms with van der Waals surface area (Å²) in [4.78, 5) is 27.3. The zero-order chi connectivity index (χ0) is 20.3. The van der Waals surface area contributed by atoms with Gasteiger partial charge < -0.3 is 19.9 Å². The molecule has 0 aromatic heterocycles. The number of carbonyl (C=O) groups is 2. The molecule has 0 saturated carbocycles. The first-order valence-corrected chi connectivity index (χ1v) is 11.3. The quantitative estimate of drug-likeness (QED) is 0.754. The molecule has 0 atom stereocenters. The van der Waals surface area contributed by atoms with Gasteiger partial charge in [-0.3, -0.25) is 4.79 Å². The number of hydrogen-bond donors (Lipinski definition) is 1. The number of amides is 2. The maximum atomic E-state index is 12.4. The summed E-state index contributed by atoms with van der Waals surface area (Å²) in [6.07, 6.45) is -0.381. The van der Waals surface area contributed by atoms with E-state index in [1.165, 1.54) is 6.07 Å². The van der Waals surface area contributed by atoms with Crippen molar-refractivity contribution in [2.24, 2.45) is 4.40 Å². The Morgan fingerprint density at radius 3 is 2.61 bits per heavy atom. The van der Waals surface area contributed by atoms with Gasteiger partial charge in [-0.1, -0.05) is 23.4 Å². The average Bonchev–Trinajstić information content (AvgIpc) is 2.66. The molecular weight excluding hydrogens is 428 g/mol. The van der Waals surface area contributed by atoms with Crippen molar-refractivity contribution in [2.75, 3.05) is 43.9 Å². The second kappa shape index (κ2) is 8.58. The van der Waals surface area contributed by atoms with Gasteiger partial charge in [-0.15, -0.1) is 4.40 Å². The van der Waals surface area contributed by atoms with Gasteiger partial charge in [-0.05, 0) is 25.1 Å². The highest BCUT2D eigenvalue weighted by Gasteiger charge is 2.28. The second-order valence-corrected chi connectivity index (χ2v) is 8.97. The number of rotatable bonds is 3. The molecule has 12 heteroatoms. The first-order valence-electron chi connectivity index (χ1n) is 8.54. The Balaban J connectivity index is 1.55. The molecule has 0 spiro atoms. The largest absolute Gasteiger partial charge is 0.450 e. The van der Waals surface area contributed by atoms with E-state index in [4.69, 9.17) is 16.3 Å². The third kappa shape index (κ3) is 4.70. The number of amidine groups is 1. The summed E-state index contributed by atoms with van der Waals surface area (Å²) in [5.41, 5.74) is 0.373. The van der Waals surface area contributed by atoms with Gasteiger partial charge in [0.1, 0.15) is 4.90 Å². The van der Waals surface area contributed by atoms with Crippen LogP contribution < -0.4 is 5.32 Å². The number of nitrogens with one attached hydrogen (secondary N) is 1. The Hall–Kier alpha value is -1.98. The van der Waals surface area contributed by atoms with E-state index in [2.05, 4.69) is 9.71 Å². The molecule has 2 aliphatic rings. The van der Waals surface area contributed by atoms with Gasteiger partial charge in [0.15, 0.2) is 5.17 Å². The number of ether oxygens (including phenoxy) is 1. The number of thioether (sulfide) groups is 1. The van der Waals surface area contributed by atoms with E-state index in [9.17, 15) is 18.0 Å². The number of fused-ring (bicyclic) bond motifs is 1. The van der Waals surface area contributed by atoms with Crippen LogP contribution in [-0.2, 0) is 19.6 Å². The summed E-state index contributed by atoms with van der Waals surface area (Å²) in [6.45, 7) is 3.65. The topological polar surface area (TPSA) is 108 Å². The monoisotopic (exact) mass is 446 g/mol. The molecule has 1 aromatic carbocycles. The molecule has 1 aromatic rings. The van der Waals surface area contributed by atoms with Gasteiger partial charge >= 0.3 is 6.09 Å². The lowest BCUT2D eigenvalue weighted by atomic mass is 10.3. The minimum absolute atomic E-state index is 0.00534. The molecule has 0 unspecified atom stereocenters. The van der Waals surface area contributed by atoms with E-state index in [1.807, 2.05) is 0 Å². The summed E-state index contributed by atoms with van der Waals surface area (Å²) in [7, 11) is -3.87. The van der Waals surface area contributed by atoms with Crippen molar-refractivity contribution >= 4 is 56.2 Å². The number of anilines is 1. The number of piperazine rings is 1. The molecule has 1 N–H and O–H groups in total. The fourth-order valence-electron chi connectivity index (χ4n) is 2.75. The van der Waals surface area contributed by atoms with Crippen molar-refractivity contribution in [2.45, 2.75) is 11.8 Å². The Morgan fingerprint density at radius 1 is 1.25 bits per heavy atom. The molecule has 2 aliphatic heterocycles. The molecule has 9 nitrogen and oxygen atoms in total. The van der Waals surface area contributed by atoms with E-state index in [-0.39, 0.29) is 27.8 Å². The number of nitrogens with zero attached hydrogens (tertiary/aromatic N) is 3. The van der Waals surface area contributed by atoms with Crippen molar-refractivity contribution in [3.63, 3.8) is 0 Å². The van der Waals surface area contributed by atoms with Crippen LogP contribution in [0.15, 0.2) is 27.5 Å². The molecule has 152 valence electrons. The maximum Gasteiger partial charge on any atom is 0.409 e. The predicted molar refractivity (Wildman–Crippen MR) is 107 cm³/mol. The summed E-state index contributed by atoms with van der Waals surface area (Å²) in [5.74, 6) is -0.124. The van der Waals surface area contributed by atoms with Gasteiger partial charge in [-0.2, -0.15) is 8.42 Å². The van der Waals surface area contributed by atoms with Gasteiger partial charge in [0.25, 0.3) is 10.0 Å². The first-order chi connectivity index (χ1) is 13.3. The van der Waals surface area contributed by atoms with Crippen LogP contribution in [-0.4, -0.2) is 73.9 Å². The van der Waals surface area contributed by atoms with E-state index in [1.54, 1.807) is 28.9 Å². The lowest BCUT2D eigenvalue weighted by Crippen LogP contribution is -2.51. The summed E-state index contributed by atoms with van der Waals surface area (Å²) in [5, 5.41) is 3.34. The summed E-state index contributed by atoms with van der Waals surface area (Å²) in [6, 6.07) is 4.46. The third-order valence-corrected chi connectivity index (χ3v) is 6.68. The molecule has 1 saturated heterocycles. The van der Waals surface area contributed by atoms with E-state index in [0.29, 0.717) is 43.5 Å². The van der Waals surface area contributed by atoms with E-state index < -0.39 is 10.0 Å². The molecule has 3 rings (SSSR count). The van der Waals surface area contributed by atoms with Gasteiger partial charge in [0.2, 0.25) is 5.91 Å². The molecule has 2 amide bonds. The standard InChI is InChI=1S/C16H19ClN4O5S2/c1-2-26-16(23)21-7-5-20(6-8-21)14(22)10-27-15-18-12-4-3-11(17)9-13(12)28(24,25)19-15/h3-4,9H,2,5-8,10H2,1H3,(H,18,19). The molecule has 1 fully saturated rings. The van der Waals surface area contributed by atoms with Crippen molar-refractivity contribution in [1.82, 2.24) is 9.80 Å². The predicted octanol–water partition coefficient (Wildman–Crippen LogP) is 1.84. The minimum atomic E-state index is -3.87. The number of hydrogen-bond acceptors (Lipinski definition) is 7. The zero-order valence-electron chi connectivity index (χ0n) is 15.1. The average molecular weight is 447 g/mol. The Bertz CT molecular complexity index is 914. The van der Waals surface area contributed by atoms with Crippen LogP contribution in [0.2, 0.25) is 5.02 Å². The molecule has 0 bridgehead atoms. The van der Waals surface area contributed by atoms with E-state index >= 15 is 0 Å². The zero-order valence-corrected chi connectivity index (χ0v) is 17.4. The molecular formula is C16H19ClN4O5S2. The fraction of sp³-hybridized carbons (Fsp3) is 0.438. The Kier molecular flexibility index (Phi) is 6.36. The van der Waals surface area contributed by atoms with Crippen molar-refractivity contribution < 1.29 is 22.7 Å². The van der Waals surface area contributed by atoms with Gasteiger partial charge in [-0.25, -0.2) is 4.79 Å². The second-order valence-electron chi connectivity index (χ2n) is 5.99. The van der Waals surface area contributed by atoms with Crippen LogP contribution in [0.3, 0.4) is 0 Å². The highest BCUT2D eigenvalue weighted by Crippen LogP contribution is 2.31. The van der Waals surface area contributed by atoms with E-state index in [0.717, 1.165) is 11.8 Å². The third-order valence-electron chi connectivity index (χ3n) is 4.16. The minimum Gasteiger partial charge on any atom is -0.450 e. The summed E-state index contributed by atoms with van der Waals surface area (Å²) < 4.78 is 33.2. The smallest absolute Gasteiger partial charge is 0.409 e. The number of benzene rings is 1. The van der Waals surface area contributed by atoms with Gasteiger partial charge in [0, 0.05) is 31.2 Å². The van der Waals surface area contributed by atoms with Crippen LogP contribution in [0.1, 0.15) is 6.92 Å². The molecule has 28 heavy (non-hydrogen) atoms. The molecule has 2 heterocycles. The normalized spacial score (nSPS) is 18.0. The van der Waals surface area contributed by atoms with Crippen molar-refractivity contribution in [3.05, 3.63) is 23.2 Å². The highest BCUT2D eigenvalue weighted by molar-refractivity contribution is 8.15.